The molecule has 0 unspecified atom stereocenters. The largest absolute Gasteiger partial charge is 0.497 e. The Bertz CT molecular complexity index is 308. The Kier molecular flexibility index (Phi) is 31.3. The molecule has 0 atom stereocenters. The molecule has 1 nitrogen and oxygen atoms in total. The van der Waals surface area contributed by atoms with Gasteiger partial charge in [0.15, 0.2) is 8.32 Å². The van der Waals surface area contributed by atoms with E-state index in [0.717, 1.165) is 12.8 Å². The Labute approximate surface area is 205 Å². The second kappa shape index (κ2) is 26.6. The van der Waals surface area contributed by atoms with Gasteiger partial charge in [-0.25, -0.2) is 0 Å². The topological polar surface area (TPSA) is 20.2 Å². The molecule has 3 heteroatoms. The fraction of sp³-hybridized carbons (Fsp3) is 0.462. The van der Waals surface area contributed by atoms with Gasteiger partial charge in [0.05, 0.1) is 0 Å². The molecule has 2 rings (SSSR count). The van der Waals surface area contributed by atoms with E-state index in [1.54, 1.807) is 0 Å². The van der Waals surface area contributed by atoms with Crippen molar-refractivity contribution in [2.75, 3.05) is 0 Å². The van der Waals surface area contributed by atoms with Crippen molar-refractivity contribution in [3.63, 3.8) is 0 Å². The van der Waals surface area contributed by atoms with Crippen LogP contribution in [0.4, 0.5) is 0 Å². The van der Waals surface area contributed by atoms with Crippen molar-refractivity contribution in [3.8, 4) is 0 Å². The third-order valence-corrected chi connectivity index (χ3v) is 3.24. The summed E-state index contributed by atoms with van der Waals surface area (Å²) in [5.74, 6) is 0. The fourth-order valence-corrected chi connectivity index (χ4v) is 1.91. The van der Waals surface area contributed by atoms with Gasteiger partial charge in [-0.1, -0.05) is 52.0 Å². The van der Waals surface area contributed by atoms with E-state index in [4.69, 9.17) is 4.80 Å². The standard InChI is InChI=1S/C13H23.2C5H5.C3H10OSi.Zr/c1-4-7-9-12-13(10-6-3)11-8-5-2;2*1-2-4-5-3-1;1-5(2,3)4;/h6H,3-5,7-11H2,1-2H3;2*1-5H;4H,1-3H3;/q-1;;;;. The van der Waals surface area contributed by atoms with Crippen LogP contribution in [0.25, 0.3) is 0 Å². The van der Waals surface area contributed by atoms with Gasteiger partial charge in [-0.2, -0.15) is 6.42 Å². The van der Waals surface area contributed by atoms with Gasteiger partial charge in [0, 0.05) is 26.2 Å². The molecule has 2 aliphatic carbocycles. The molecule has 1 N–H and O–H groups in total. The molecule has 0 bridgehead atoms. The molecule has 0 spiro atoms. The molecule has 0 aromatic rings. The van der Waals surface area contributed by atoms with E-state index in [1.807, 2.05) is 89.9 Å². The van der Waals surface area contributed by atoms with Crippen LogP contribution in [-0.2, 0) is 26.2 Å². The molecule has 0 aromatic carbocycles. The minimum Gasteiger partial charge on any atom is -0.497 e. The Morgan fingerprint density at radius 1 is 0.828 bits per heavy atom. The molecule has 2 fully saturated rings. The molecule has 29 heavy (non-hydrogen) atoms. The van der Waals surface area contributed by atoms with E-state index in [9.17, 15) is 0 Å². The van der Waals surface area contributed by atoms with E-state index in [1.165, 1.54) is 37.7 Å². The van der Waals surface area contributed by atoms with Crippen molar-refractivity contribution in [2.24, 2.45) is 0 Å². The summed E-state index contributed by atoms with van der Waals surface area (Å²) in [6.07, 6.45) is 34.0. The maximum Gasteiger partial charge on any atom is 0.179 e. The van der Waals surface area contributed by atoms with Crippen LogP contribution in [0.3, 0.4) is 0 Å². The number of hydrogen-bond acceptors (Lipinski definition) is 1. The maximum absolute atomic E-state index is 8.66. The molecule has 162 valence electrons. The number of rotatable bonds is 8. The Morgan fingerprint density at radius 3 is 1.45 bits per heavy atom. The van der Waals surface area contributed by atoms with Gasteiger partial charge in [0.25, 0.3) is 0 Å². The van der Waals surface area contributed by atoms with Crippen molar-refractivity contribution in [1.82, 2.24) is 0 Å². The summed E-state index contributed by atoms with van der Waals surface area (Å²) in [7, 11) is -1.61. The van der Waals surface area contributed by atoms with Crippen LogP contribution in [0, 0.1) is 70.3 Å². The van der Waals surface area contributed by atoms with Crippen molar-refractivity contribution in [3.05, 3.63) is 88.5 Å². The molecule has 0 heterocycles. The van der Waals surface area contributed by atoms with Crippen molar-refractivity contribution in [1.29, 1.82) is 0 Å². The molecule has 10 radical (unpaired) electrons. The molecule has 2 saturated carbocycles. The fourth-order valence-electron chi connectivity index (χ4n) is 1.91. The SMILES string of the molecule is C=CCC(=[C-]CCCC)CCCC.C[Si](C)(C)O.[CH]1[CH][CH][CH][CH]1.[CH]1[CH][CH][CH][CH]1.[Zr]. The molecule has 0 aromatic heterocycles. The molecule has 0 amide bonds. The maximum atomic E-state index is 8.66. The minimum absolute atomic E-state index is 0. The molecule has 0 aliphatic heterocycles. The Balaban J connectivity index is -0.000000347. The predicted octanol–water partition coefficient (Wildman–Crippen LogP) is 7.53. The molecular weight excluding hydrogens is 448 g/mol. The van der Waals surface area contributed by atoms with E-state index in [0.29, 0.717) is 0 Å². The molecule has 2 aliphatic rings. The van der Waals surface area contributed by atoms with Crippen LogP contribution in [-0.4, -0.2) is 13.1 Å². The number of allylic oxidation sites excluding steroid dienone is 3. The normalized spacial score (nSPS) is 15.6. The van der Waals surface area contributed by atoms with Crippen molar-refractivity contribution < 1.29 is 31.0 Å². The first-order valence-corrected chi connectivity index (χ1v) is 14.0. The summed E-state index contributed by atoms with van der Waals surface area (Å²) in [6.45, 7) is 13.9. The summed E-state index contributed by atoms with van der Waals surface area (Å²) >= 11 is 0. The first-order chi connectivity index (χ1) is 13.3. The summed E-state index contributed by atoms with van der Waals surface area (Å²) in [4.78, 5) is 8.66. The quantitative estimate of drug-likeness (QED) is 0.161. The van der Waals surface area contributed by atoms with E-state index >= 15 is 0 Å². The first kappa shape index (κ1) is 34.2. The Morgan fingerprint density at radius 2 is 1.17 bits per heavy atom. The predicted molar refractivity (Wildman–Crippen MR) is 129 cm³/mol. The second-order valence-corrected chi connectivity index (χ2v) is 11.9. The van der Waals surface area contributed by atoms with Gasteiger partial charge in [-0.15, -0.1) is 6.58 Å². The van der Waals surface area contributed by atoms with Gasteiger partial charge in [0.1, 0.15) is 0 Å². The van der Waals surface area contributed by atoms with Crippen LogP contribution >= 0.6 is 0 Å². The minimum atomic E-state index is -1.61. The first-order valence-electron chi connectivity index (χ1n) is 10.6. The van der Waals surface area contributed by atoms with Crippen LogP contribution in [0.1, 0.15) is 58.8 Å². The summed E-state index contributed by atoms with van der Waals surface area (Å²) in [5.41, 5.74) is 1.46. The van der Waals surface area contributed by atoms with Gasteiger partial charge < -0.3 is 10.9 Å². The summed E-state index contributed by atoms with van der Waals surface area (Å²) in [6, 6.07) is 0. The zero-order chi connectivity index (χ0) is 21.5. The van der Waals surface area contributed by atoms with Gasteiger partial charge in [-0.05, 0) is 90.3 Å². The van der Waals surface area contributed by atoms with E-state index in [-0.39, 0.29) is 26.2 Å². The smallest absolute Gasteiger partial charge is 0.179 e. The molecule has 0 saturated heterocycles. The van der Waals surface area contributed by atoms with Crippen LogP contribution in [0.15, 0.2) is 18.2 Å². The van der Waals surface area contributed by atoms with Gasteiger partial charge in [-0.3, -0.25) is 5.57 Å². The number of hydrogen-bond donors (Lipinski definition) is 1. The van der Waals surface area contributed by atoms with Gasteiger partial charge >= 0.3 is 0 Å². The zero-order valence-corrected chi connectivity index (χ0v) is 22.9. The Hall–Kier alpha value is 0.540. The zero-order valence-electron chi connectivity index (χ0n) is 19.5. The third-order valence-electron chi connectivity index (χ3n) is 3.24. The number of unbranched alkanes of at least 4 members (excludes halogenated alkanes) is 3. The van der Waals surface area contributed by atoms with E-state index in [2.05, 4.69) is 26.5 Å². The van der Waals surface area contributed by atoms with Crippen LogP contribution in [0.2, 0.25) is 19.6 Å². The summed E-state index contributed by atoms with van der Waals surface area (Å²) in [5, 5.41) is 0. The average molecular weight is 491 g/mol. The van der Waals surface area contributed by atoms with Gasteiger partial charge in [0.2, 0.25) is 0 Å². The second-order valence-electron chi connectivity index (χ2n) is 7.58. The van der Waals surface area contributed by atoms with Crippen LogP contribution < -0.4 is 0 Å². The van der Waals surface area contributed by atoms with Crippen molar-refractivity contribution >= 4 is 8.32 Å². The average Bonchev–Trinajstić information content (AvgIpc) is 3.37. The van der Waals surface area contributed by atoms with Crippen LogP contribution in [0.5, 0.6) is 0 Å². The third kappa shape index (κ3) is 39.6. The monoisotopic (exact) mass is 489 g/mol. The van der Waals surface area contributed by atoms with E-state index < -0.39 is 8.32 Å². The van der Waals surface area contributed by atoms with Crippen molar-refractivity contribution in [2.45, 2.75) is 78.4 Å². The summed E-state index contributed by atoms with van der Waals surface area (Å²) < 4.78 is 0. The molecular formula is C26H43OSiZr-.